The highest BCUT2D eigenvalue weighted by Crippen LogP contribution is 2.13. The molecular formula is C18H20N2OS. The Labute approximate surface area is 137 Å². The van der Waals surface area contributed by atoms with Gasteiger partial charge >= 0.3 is 0 Å². The van der Waals surface area contributed by atoms with Gasteiger partial charge in [0.2, 0.25) is 0 Å². The quantitative estimate of drug-likeness (QED) is 0.674. The molecule has 3 nitrogen and oxygen atoms in total. The summed E-state index contributed by atoms with van der Waals surface area (Å²) in [7, 11) is 0. The third-order valence-corrected chi connectivity index (χ3v) is 3.30. The van der Waals surface area contributed by atoms with Gasteiger partial charge in [0, 0.05) is 24.1 Å². The molecule has 4 heteroatoms. The van der Waals surface area contributed by atoms with Gasteiger partial charge in [-0.15, -0.1) is 0 Å². The first-order chi connectivity index (χ1) is 10.6. The van der Waals surface area contributed by atoms with Crippen LogP contribution in [0.15, 0.2) is 54.7 Å². The normalized spacial score (nSPS) is 12.3. The second kappa shape index (κ2) is 7.80. The van der Waals surface area contributed by atoms with E-state index in [0.29, 0.717) is 12.4 Å². The van der Waals surface area contributed by atoms with Crippen LogP contribution in [0.1, 0.15) is 18.1 Å². The van der Waals surface area contributed by atoms with Crippen LogP contribution in [0.5, 0.6) is 0 Å². The van der Waals surface area contributed by atoms with Crippen LogP contribution in [0.4, 0.5) is 5.82 Å². The standard InChI is InChI=1S/C18H20N2OS/c1-14-6-8-16(9-7-14)10-11-18(21)20(13-15(2)22)17-5-3-4-12-19-17/h3-12,15,22H,13H2,1-2H3/b11-10+. The van der Waals surface area contributed by atoms with Gasteiger partial charge in [-0.2, -0.15) is 12.6 Å². The molecule has 0 radical (unpaired) electrons. The molecular weight excluding hydrogens is 292 g/mol. The molecule has 22 heavy (non-hydrogen) atoms. The number of amides is 1. The average Bonchev–Trinajstić information content (AvgIpc) is 2.52. The Hall–Kier alpha value is -2.07. The Morgan fingerprint density at radius 2 is 2.00 bits per heavy atom. The van der Waals surface area contributed by atoms with Gasteiger partial charge in [-0.25, -0.2) is 4.98 Å². The number of hydrogen-bond acceptors (Lipinski definition) is 3. The van der Waals surface area contributed by atoms with Gasteiger partial charge < -0.3 is 0 Å². The van der Waals surface area contributed by atoms with Crippen LogP contribution in [0.25, 0.3) is 6.08 Å². The zero-order chi connectivity index (χ0) is 15.9. The molecule has 1 unspecified atom stereocenters. The van der Waals surface area contributed by atoms with Crippen LogP contribution in [-0.2, 0) is 4.79 Å². The maximum absolute atomic E-state index is 12.5. The van der Waals surface area contributed by atoms with Crippen LogP contribution in [-0.4, -0.2) is 22.7 Å². The summed E-state index contributed by atoms with van der Waals surface area (Å²) >= 11 is 4.39. The Bertz CT molecular complexity index is 636. The molecule has 0 aliphatic carbocycles. The predicted molar refractivity (Wildman–Crippen MR) is 95.3 cm³/mol. The fraction of sp³-hybridized carbons (Fsp3) is 0.222. The number of benzene rings is 1. The Kier molecular flexibility index (Phi) is 5.78. The van der Waals surface area contributed by atoms with Gasteiger partial charge in [0.25, 0.3) is 5.91 Å². The largest absolute Gasteiger partial charge is 0.292 e. The first-order valence-electron chi connectivity index (χ1n) is 7.21. The van der Waals surface area contributed by atoms with Crippen molar-refractivity contribution in [3.05, 3.63) is 65.9 Å². The number of aromatic nitrogens is 1. The molecule has 0 bridgehead atoms. The lowest BCUT2D eigenvalue weighted by molar-refractivity contribution is -0.114. The highest BCUT2D eigenvalue weighted by molar-refractivity contribution is 7.81. The molecule has 1 aromatic heterocycles. The van der Waals surface area contributed by atoms with Gasteiger partial charge in [0.1, 0.15) is 5.82 Å². The van der Waals surface area contributed by atoms with Crippen LogP contribution < -0.4 is 4.90 Å². The monoisotopic (exact) mass is 312 g/mol. The number of hydrogen-bond donors (Lipinski definition) is 1. The lowest BCUT2D eigenvalue weighted by Crippen LogP contribution is -2.34. The fourth-order valence-electron chi connectivity index (χ4n) is 2.01. The van der Waals surface area contributed by atoms with E-state index in [4.69, 9.17) is 0 Å². The van der Waals surface area contributed by atoms with E-state index in [1.165, 1.54) is 5.56 Å². The number of thiol groups is 1. The third-order valence-electron chi connectivity index (χ3n) is 3.13. The molecule has 2 rings (SSSR count). The van der Waals surface area contributed by atoms with E-state index >= 15 is 0 Å². The van der Waals surface area contributed by atoms with Crippen molar-refractivity contribution in [1.29, 1.82) is 0 Å². The molecule has 0 saturated heterocycles. The molecule has 114 valence electrons. The number of pyridine rings is 1. The minimum absolute atomic E-state index is 0.0683. The van der Waals surface area contributed by atoms with E-state index in [-0.39, 0.29) is 11.2 Å². The molecule has 1 aromatic carbocycles. The number of anilines is 1. The predicted octanol–water partition coefficient (Wildman–Crippen LogP) is 3.75. The van der Waals surface area contributed by atoms with Crippen molar-refractivity contribution < 1.29 is 4.79 Å². The van der Waals surface area contributed by atoms with Crippen LogP contribution in [0.3, 0.4) is 0 Å². The van der Waals surface area contributed by atoms with Crippen molar-refractivity contribution in [3.8, 4) is 0 Å². The lowest BCUT2D eigenvalue weighted by atomic mass is 10.1. The molecule has 0 aliphatic heterocycles. The summed E-state index contributed by atoms with van der Waals surface area (Å²) in [6, 6.07) is 13.6. The van der Waals surface area contributed by atoms with E-state index in [1.54, 1.807) is 17.2 Å². The summed E-state index contributed by atoms with van der Waals surface area (Å²) in [6.45, 7) is 4.50. The highest BCUT2D eigenvalue weighted by Gasteiger charge is 2.15. The minimum Gasteiger partial charge on any atom is -0.292 e. The lowest BCUT2D eigenvalue weighted by Gasteiger charge is -2.21. The average molecular weight is 312 g/mol. The van der Waals surface area contributed by atoms with Gasteiger partial charge in [-0.1, -0.05) is 42.8 Å². The number of nitrogens with zero attached hydrogens (tertiary/aromatic N) is 2. The van der Waals surface area contributed by atoms with E-state index in [2.05, 4.69) is 17.6 Å². The van der Waals surface area contributed by atoms with Crippen molar-refractivity contribution >= 4 is 30.4 Å². The molecule has 0 fully saturated rings. The number of carbonyl (C=O) groups excluding carboxylic acids is 1. The smallest absolute Gasteiger partial charge is 0.252 e. The van der Waals surface area contributed by atoms with Crippen molar-refractivity contribution in [2.24, 2.45) is 0 Å². The number of rotatable bonds is 5. The van der Waals surface area contributed by atoms with Gasteiger partial charge in [-0.05, 0) is 30.7 Å². The zero-order valence-corrected chi connectivity index (χ0v) is 13.7. The Morgan fingerprint density at radius 1 is 1.27 bits per heavy atom. The molecule has 0 aliphatic rings. The summed E-state index contributed by atoms with van der Waals surface area (Å²) in [5.41, 5.74) is 2.20. The molecule has 1 amide bonds. The van der Waals surface area contributed by atoms with Crippen LogP contribution in [0.2, 0.25) is 0 Å². The van der Waals surface area contributed by atoms with E-state index in [1.807, 2.05) is 62.4 Å². The van der Waals surface area contributed by atoms with Crippen LogP contribution in [0, 0.1) is 6.92 Å². The second-order valence-corrected chi connectivity index (χ2v) is 6.11. The second-order valence-electron chi connectivity index (χ2n) is 5.23. The highest BCUT2D eigenvalue weighted by atomic mass is 32.1. The number of aryl methyl sites for hydroxylation is 1. The van der Waals surface area contributed by atoms with Crippen molar-refractivity contribution in [2.45, 2.75) is 19.1 Å². The maximum atomic E-state index is 12.5. The first kappa shape index (κ1) is 16.3. The van der Waals surface area contributed by atoms with Crippen molar-refractivity contribution in [2.75, 3.05) is 11.4 Å². The molecule has 0 saturated carbocycles. The Balaban J connectivity index is 2.17. The first-order valence-corrected chi connectivity index (χ1v) is 7.73. The molecule has 0 N–H and O–H groups in total. The summed E-state index contributed by atoms with van der Waals surface area (Å²) in [5.74, 6) is 0.544. The van der Waals surface area contributed by atoms with Gasteiger partial charge in [-0.3, -0.25) is 9.69 Å². The van der Waals surface area contributed by atoms with Crippen molar-refractivity contribution in [1.82, 2.24) is 4.98 Å². The van der Waals surface area contributed by atoms with Gasteiger partial charge in [0.05, 0.1) is 0 Å². The van der Waals surface area contributed by atoms with Crippen molar-refractivity contribution in [3.63, 3.8) is 0 Å². The van der Waals surface area contributed by atoms with E-state index < -0.39 is 0 Å². The summed E-state index contributed by atoms with van der Waals surface area (Å²) in [4.78, 5) is 18.4. The minimum atomic E-state index is -0.0971. The van der Waals surface area contributed by atoms with Crippen LogP contribution >= 0.6 is 12.6 Å². The van der Waals surface area contributed by atoms with Gasteiger partial charge in [0.15, 0.2) is 0 Å². The Morgan fingerprint density at radius 3 is 2.59 bits per heavy atom. The summed E-state index contributed by atoms with van der Waals surface area (Å²) in [6.07, 6.45) is 5.08. The third kappa shape index (κ3) is 4.74. The maximum Gasteiger partial charge on any atom is 0.252 e. The zero-order valence-electron chi connectivity index (χ0n) is 12.8. The molecule has 2 aromatic rings. The van der Waals surface area contributed by atoms with E-state index in [9.17, 15) is 4.79 Å². The SMILES string of the molecule is Cc1ccc(/C=C/C(=O)N(CC(C)S)c2ccccn2)cc1. The topological polar surface area (TPSA) is 33.2 Å². The summed E-state index contributed by atoms with van der Waals surface area (Å²) < 4.78 is 0. The fourth-order valence-corrected chi connectivity index (χ4v) is 2.17. The number of carbonyl (C=O) groups is 1. The molecule has 1 heterocycles. The molecule has 0 spiro atoms. The van der Waals surface area contributed by atoms with E-state index in [0.717, 1.165) is 5.56 Å². The summed E-state index contributed by atoms with van der Waals surface area (Å²) in [5, 5.41) is 0.0683. The molecule has 1 atom stereocenters.